The van der Waals surface area contributed by atoms with Crippen molar-refractivity contribution in [3.05, 3.63) is 0 Å². The van der Waals surface area contributed by atoms with E-state index in [4.69, 9.17) is 44.1 Å². The van der Waals surface area contributed by atoms with Gasteiger partial charge in [-0.3, -0.25) is 0 Å². The summed E-state index contributed by atoms with van der Waals surface area (Å²) in [7, 11) is 0. The number of hydrogen-bond donors (Lipinski definition) is 5. The molecule has 30 heavy (non-hydrogen) atoms. The molecule has 0 saturated heterocycles. The van der Waals surface area contributed by atoms with Crippen LogP contribution in [0.25, 0.3) is 0 Å². The maximum Gasteiger partial charge on any atom is 0.336 e. The Morgan fingerprint density at radius 2 is 0.967 bits per heavy atom. The second-order valence-corrected chi connectivity index (χ2v) is 5.48. The SMILES string of the molecule is CCOCCOC(C(=O)O)C(OCCOCCOC(C(=O)O)C(O)C(=O)O)C(=O)O. The van der Waals surface area contributed by atoms with Gasteiger partial charge in [0.2, 0.25) is 0 Å². The predicted molar refractivity (Wildman–Crippen MR) is 93.1 cm³/mol. The Kier molecular flexibility index (Phi) is 14.3. The number of carboxylic acid groups (broad SMARTS) is 4. The molecule has 14 heteroatoms. The molecular formula is C16H26O14. The van der Waals surface area contributed by atoms with Gasteiger partial charge in [-0.2, -0.15) is 0 Å². The molecule has 174 valence electrons. The van der Waals surface area contributed by atoms with E-state index in [-0.39, 0.29) is 39.6 Å². The third kappa shape index (κ3) is 11.0. The first kappa shape index (κ1) is 27.6. The van der Waals surface area contributed by atoms with Crippen LogP contribution >= 0.6 is 0 Å². The Morgan fingerprint density at radius 3 is 1.30 bits per heavy atom. The van der Waals surface area contributed by atoms with E-state index in [9.17, 15) is 24.3 Å². The lowest BCUT2D eigenvalue weighted by Crippen LogP contribution is -2.44. The van der Waals surface area contributed by atoms with E-state index < -0.39 is 48.3 Å². The van der Waals surface area contributed by atoms with Crippen LogP contribution in [0.3, 0.4) is 0 Å². The van der Waals surface area contributed by atoms with E-state index in [0.29, 0.717) is 6.61 Å². The van der Waals surface area contributed by atoms with Gasteiger partial charge in [-0.1, -0.05) is 0 Å². The first-order chi connectivity index (χ1) is 14.1. The fourth-order valence-corrected chi connectivity index (χ4v) is 1.95. The second-order valence-electron chi connectivity index (χ2n) is 5.48. The van der Waals surface area contributed by atoms with E-state index in [0.717, 1.165) is 0 Å². The first-order valence-electron chi connectivity index (χ1n) is 8.73. The molecule has 0 saturated carbocycles. The van der Waals surface area contributed by atoms with Crippen molar-refractivity contribution in [3.63, 3.8) is 0 Å². The molecule has 0 bridgehead atoms. The fraction of sp³-hybridized carbons (Fsp3) is 0.750. The number of aliphatic hydroxyl groups is 1. The van der Waals surface area contributed by atoms with Crippen LogP contribution < -0.4 is 0 Å². The van der Waals surface area contributed by atoms with E-state index in [1.54, 1.807) is 6.92 Å². The van der Waals surface area contributed by atoms with E-state index in [1.807, 2.05) is 0 Å². The molecule has 0 heterocycles. The number of carboxylic acids is 4. The Hall–Kier alpha value is -2.36. The zero-order chi connectivity index (χ0) is 23.1. The second kappa shape index (κ2) is 15.5. The van der Waals surface area contributed by atoms with Crippen molar-refractivity contribution in [1.29, 1.82) is 0 Å². The Morgan fingerprint density at radius 1 is 0.600 bits per heavy atom. The van der Waals surface area contributed by atoms with Gasteiger partial charge in [-0.25, -0.2) is 19.2 Å². The molecule has 0 aromatic carbocycles. The number of aliphatic hydroxyl groups excluding tert-OH is 1. The van der Waals surface area contributed by atoms with Gasteiger partial charge >= 0.3 is 23.9 Å². The van der Waals surface area contributed by atoms with Gasteiger partial charge < -0.3 is 49.2 Å². The zero-order valence-corrected chi connectivity index (χ0v) is 16.2. The fourth-order valence-electron chi connectivity index (χ4n) is 1.95. The van der Waals surface area contributed by atoms with Gasteiger partial charge in [0, 0.05) is 6.61 Å². The zero-order valence-electron chi connectivity index (χ0n) is 16.2. The highest BCUT2D eigenvalue weighted by molar-refractivity contribution is 5.84. The summed E-state index contributed by atoms with van der Waals surface area (Å²) < 4.78 is 24.7. The molecule has 0 amide bonds. The Balaban J connectivity index is 4.35. The van der Waals surface area contributed by atoms with Crippen LogP contribution in [-0.4, -0.2) is 120 Å². The minimum atomic E-state index is -2.27. The highest BCUT2D eigenvalue weighted by Gasteiger charge is 2.36. The molecule has 0 spiro atoms. The van der Waals surface area contributed by atoms with Crippen molar-refractivity contribution in [2.45, 2.75) is 31.3 Å². The molecule has 5 N–H and O–H groups in total. The van der Waals surface area contributed by atoms with Crippen LogP contribution in [0.1, 0.15) is 6.92 Å². The largest absolute Gasteiger partial charge is 0.479 e. The van der Waals surface area contributed by atoms with Crippen molar-refractivity contribution in [1.82, 2.24) is 0 Å². The molecule has 14 nitrogen and oxygen atoms in total. The average Bonchev–Trinajstić information content (AvgIpc) is 2.66. The molecule has 0 aliphatic heterocycles. The minimum absolute atomic E-state index is 0.0731. The standard InChI is InChI=1S/C16H26O14/c1-2-26-3-6-29-11(15(22)23)12(16(24)25)30-8-5-27-4-7-28-10(14(20)21)9(17)13(18)19/h9-12,17H,2-8H2,1H3,(H,18,19)(H,20,21)(H,22,23)(H,24,25). The van der Waals surface area contributed by atoms with Crippen molar-refractivity contribution in [3.8, 4) is 0 Å². The van der Waals surface area contributed by atoms with Gasteiger partial charge in [0.05, 0.1) is 39.6 Å². The van der Waals surface area contributed by atoms with Crippen molar-refractivity contribution >= 4 is 23.9 Å². The van der Waals surface area contributed by atoms with Crippen LogP contribution in [-0.2, 0) is 42.9 Å². The van der Waals surface area contributed by atoms with E-state index in [1.165, 1.54) is 0 Å². The molecule has 0 aromatic rings. The van der Waals surface area contributed by atoms with Crippen molar-refractivity contribution < 1.29 is 68.4 Å². The predicted octanol–water partition coefficient (Wildman–Crippen LogP) is -2.11. The summed E-state index contributed by atoms with van der Waals surface area (Å²) >= 11 is 0. The van der Waals surface area contributed by atoms with Gasteiger partial charge in [-0.15, -0.1) is 0 Å². The maximum atomic E-state index is 11.3. The summed E-state index contributed by atoms with van der Waals surface area (Å²) in [6.45, 7) is 0.852. The van der Waals surface area contributed by atoms with E-state index >= 15 is 0 Å². The normalized spacial score (nSPS) is 15.1. The monoisotopic (exact) mass is 442 g/mol. The quantitative estimate of drug-likeness (QED) is 0.135. The third-order valence-electron chi connectivity index (χ3n) is 3.32. The lowest BCUT2D eigenvalue weighted by Gasteiger charge is -2.21. The lowest BCUT2D eigenvalue weighted by molar-refractivity contribution is -0.179. The molecule has 0 aromatic heterocycles. The average molecular weight is 442 g/mol. The minimum Gasteiger partial charge on any atom is -0.479 e. The summed E-state index contributed by atoms with van der Waals surface area (Å²) in [6.07, 6.45) is -7.85. The van der Waals surface area contributed by atoms with Crippen LogP contribution in [0.15, 0.2) is 0 Å². The summed E-state index contributed by atoms with van der Waals surface area (Å²) in [5.74, 6) is -6.55. The van der Waals surface area contributed by atoms with Crippen molar-refractivity contribution in [2.75, 3.05) is 46.2 Å². The number of ether oxygens (including phenoxy) is 5. The summed E-state index contributed by atoms with van der Waals surface area (Å²) in [6, 6.07) is 0. The Bertz CT molecular complexity index is 550. The van der Waals surface area contributed by atoms with Gasteiger partial charge in [0.1, 0.15) is 0 Å². The molecule has 4 atom stereocenters. The number of hydrogen-bond acceptors (Lipinski definition) is 10. The smallest absolute Gasteiger partial charge is 0.336 e. The number of rotatable bonds is 19. The topological polar surface area (TPSA) is 216 Å². The molecule has 0 aliphatic rings. The summed E-state index contributed by atoms with van der Waals surface area (Å²) in [5, 5.41) is 44.9. The molecule has 0 radical (unpaired) electrons. The van der Waals surface area contributed by atoms with Crippen molar-refractivity contribution in [2.24, 2.45) is 0 Å². The van der Waals surface area contributed by atoms with Crippen LogP contribution in [0, 0.1) is 0 Å². The number of aliphatic carboxylic acids is 4. The molecular weight excluding hydrogens is 416 g/mol. The van der Waals surface area contributed by atoms with Gasteiger partial charge in [0.15, 0.2) is 24.4 Å². The maximum absolute atomic E-state index is 11.3. The van der Waals surface area contributed by atoms with Crippen LogP contribution in [0.2, 0.25) is 0 Å². The molecule has 0 rings (SSSR count). The number of carbonyl (C=O) groups is 4. The molecule has 0 fully saturated rings. The highest BCUT2D eigenvalue weighted by atomic mass is 16.6. The lowest BCUT2D eigenvalue weighted by atomic mass is 10.2. The highest BCUT2D eigenvalue weighted by Crippen LogP contribution is 2.07. The van der Waals surface area contributed by atoms with Crippen LogP contribution in [0.5, 0.6) is 0 Å². The first-order valence-corrected chi connectivity index (χ1v) is 8.73. The third-order valence-corrected chi connectivity index (χ3v) is 3.32. The van der Waals surface area contributed by atoms with Gasteiger partial charge in [0.25, 0.3) is 0 Å². The summed E-state index contributed by atoms with van der Waals surface area (Å²) in [5.41, 5.74) is 0. The molecule has 4 unspecified atom stereocenters. The van der Waals surface area contributed by atoms with Crippen LogP contribution in [0.4, 0.5) is 0 Å². The molecule has 0 aliphatic carbocycles. The van der Waals surface area contributed by atoms with Gasteiger partial charge in [-0.05, 0) is 6.92 Å². The van der Waals surface area contributed by atoms with E-state index in [2.05, 4.69) is 0 Å². The Labute approximate surface area is 170 Å². The summed E-state index contributed by atoms with van der Waals surface area (Å²) in [4.78, 5) is 43.9.